The van der Waals surface area contributed by atoms with E-state index in [0.717, 1.165) is 33.8 Å². The molecule has 66 heavy (non-hydrogen) atoms. The molecular formula is C62H46N4. The Morgan fingerprint density at radius 3 is 1.64 bits per heavy atom. The lowest BCUT2D eigenvalue weighted by Gasteiger charge is -2.39. The predicted molar refractivity (Wildman–Crippen MR) is 276 cm³/mol. The maximum absolute atomic E-state index is 6.46. The van der Waals surface area contributed by atoms with E-state index in [9.17, 15) is 0 Å². The molecule has 0 saturated carbocycles. The van der Waals surface area contributed by atoms with Crippen LogP contribution in [0.25, 0.3) is 60.9 Å². The van der Waals surface area contributed by atoms with Crippen molar-refractivity contribution in [1.82, 2.24) is 4.57 Å². The van der Waals surface area contributed by atoms with Gasteiger partial charge >= 0.3 is 0 Å². The van der Waals surface area contributed by atoms with Crippen molar-refractivity contribution >= 4 is 44.6 Å². The molecule has 0 bridgehead atoms. The molecule has 0 amide bonds. The van der Waals surface area contributed by atoms with Gasteiger partial charge in [0.25, 0.3) is 0 Å². The summed E-state index contributed by atoms with van der Waals surface area (Å²) in [6.45, 7) is 2.36. The van der Waals surface area contributed by atoms with E-state index in [4.69, 9.17) is 11.5 Å². The second-order valence-electron chi connectivity index (χ2n) is 18.3. The van der Waals surface area contributed by atoms with E-state index in [2.05, 4.69) is 223 Å². The maximum Gasteiger partial charge on any atom is 0.0714 e. The predicted octanol–water partition coefficient (Wildman–Crippen LogP) is 14.8. The van der Waals surface area contributed by atoms with Crippen LogP contribution in [0.1, 0.15) is 40.7 Å². The molecule has 1 unspecified atom stereocenters. The van der Waals surface area contributed by atoms with E-state index in [1.165, 1.54) is 77.7 Å². The number of benzene rings is 9. The topological polar surface area (TPSA) is 60.2 Å². The van der Waals surface area contributed by atoms with Crippen LogP contribution in [-0.4, -0.2) is 10.1 Å². The Morgan fingerprint density at radius 2 is 0.985 bits per heavy atom. The summed E-state index contributed by atoms with van der Waals surface area (Å²) in [7, 11) is 0. The lowest BCUT2D eigenvalue weighted by molar-refractivity contribution is 0.542. The first-order chi connectivity index (χ1) is 32.4. The first kappa shape index (κ1) is 38.1. The number of anilines is 4. The molecule has 2 atom stereocenters. The van der Waals surface area contributed by atoms with Crippen molar-refractivity contribution in [3.05, 3.63) is 258 Å². The highest BCUT2D eigenvalue weighted by atomic mass is 15.2. The lowest BCUT2D eigenvalue weighted by atomic mass is 9.67. The van der Waals surface area contributed by atoms with Gasteiger partial charge in [0.15, 0.2) is 0 Å². The summed E-state index contributed by atoms with van der Waals surface area (Å²) < 4.78 is 2.38. The highest BCUT2D eigenvalue weighted by molar-refractivity contribution is 6.10. The zero-order valence-corrected chi connectivity index (χ0v) is 36.6. The van der Waals surface area contributed by atoms with Crippen molar-refractivity contribution < 1.29 is 0 Å². The Morgan fingerprint density at radius 1 is 0.455 bits per heavy atom. The van der Waals surface area contributed by atoms with Gasteiger partial charge in [0.1, 0.15) is 0 Å². The number of rotatable bonds is 6. The molecule has 0 spiro atoms. The van der Waals surface area contributed by atoms with Crippen LogP contribution in [0.2, 0.25) is 0 Å². The Hall–Kier alpha value is -8.34. The van der Waals surface area contributed by atoms with E-state index >= 15 is 0 Å². The molecule has 314 valence electrons. The summed E-state index contributed by atoms with van der Waals surface area (Å²) in [5.41, 5.74) is 32.7. The van der Waals surface area contributed by atoms with Crippen LogP contribution in [0.15, 0.2) is 231 Å². The van der Waals surface area contributed by atoms with Crippen molar-refractivity contribution in [2.45, 2.75) is 23.8 Å². The fraction of sp³-hybridized carbons (Fsp3) is 0.0645. The molecule has 4 nitrogen and oxygen atoms in total. The minimum Gasteiger partial charge on any atom is -0.399 e. The third-order valence-corrected chi connectivity index (χ3v) is 14.8. The van der Waals surface area contributed by atoms with Crippen LogP contribution >= 0.6 is 0 Å². The summed E-state index contributed by atoms with van der Waals surface area (Å²) >= 11 is 0. The number of fused-ring (bicyclic) bond motifs is 9. The minimum absolute atomic E-state index is 0.201. The van der Waals surface area contributed by atoms with Crippen molar-refractivity contribution in [2.75, 3.05) is 16.4 Å². The van der Waals surface area contributed by atoms with Crippen molar-refractivity contribution in [3.8, 4) is 39.1 Å². The van der Waals surface area contributed by atoms with Gasteiger partial charge in [-0.1, -0.05) is 140 Å². The van der Waals surface area contributed by atoms with Gasteiger partial charge in [-0.05, 0) is 159 Å². The molecule has 3 aliphatic rings. The molecule has 2 aliphatic carbocycles. The first-order valence-corrected chi connectivity index (χ1v) is 22.9. The molecular weight excluding hydrogens is 801 g/mol. The molecule has 9 aromatic carbocycles. The fourth-order valence-corrected chi connectivity index (χ4v) is 11.7. The van der Waals surface area contributed by atoms with Gasteiger partial charge in [-0.3, -0.25) is 0 Å². The number of allylic oxidation sites excluding steroid dienone is 2. The van der Waals surface area contributed by atoms with Gasteiger partial charge in [0, 0.05) is 45.1 Å². The summed E-state index contributed by atoms with van der Waals surface area (Å²) in [6.07, 6.45) is 9.13. The normalized spacial score (nSPS) is 17.5. The average Bonchev–Trinajstić information content (AvgIpc) is 3.95. The summed E-state index contributed by atoms with van der Waals surface area (Å²) in [5, 5.41) is 2.46. The molecule has 4 N–H and O–H groups in total. The third-order valence-electron chi connectivity index (χ3n) is 14.8. The Bertz CT molecular complexity index is 3570. The van der Waals surface area contributed by atoms with Gasteiger partial charge in [-0.25, -0.2) is 0 Å². The number of nitrogens with zero attached hydrogens (tertiary/aromatic N) is 2. The van der Waals surface area contributed by atoms with E-state index in [1.807, 2.05) is 24.3 Å². The van der Waals surface area contributed by atoms with Crippen LogP contribution in [0.3, 0.4) is 0 Å². The molecule has 4 heteroatoms. The fourth-order valence-electron chi connectivity index (χ4n) is 11.7. The van der Waals surface area contributed by atoms with Crippen molar-refractivity contribution in [3.63, 3.8) is 0 Å². The maximum atomic E-state index is 6.46. The summed E-state index contributed by atoms with van der Waals surface area (Å²) in [4.78, 5) is 2.51. The molecule has 2 heterocycles. The first-order valence-electron chi connectivity index (χ1n) is 22.9. The van der Waals surface area contributed by atoms with Crippen LogP contribution in [-0.2, 0) is 5.41 Å². The van der Waals surface area contributed by atoms with E-state index in [1.54, 1.807) is 0 Å². The zero-order chi connectivity index (χ0) is 44.1. The lowest BCUT2D eigenvalue weighted by Crippen LogP contribution is -2.41. The molecule has 0 radical (unpaired) electrons. The number of para-hydroxylation sites is 3. The molecule has 0 fully saturated rings. The number of aromatic nitrogens is 1. The minimum atomic E-state index is -0.679. The zero-order valence-electron chi connectivity index (χ0n) is 36.6. The highest BCUT2D eigenvalue weighted by Crippen LogP contribution is 2.59. The quantitative estimate of drug-likeness (QED) is 0.164. The van der Waals surface area contributed by atoms with Gasteiger partial charge in [-0.2, -0.15) is 0 Å². The molecule has 13 rings (SSSR count). The van der Waals surface area contributed by atoms with E-state index < -0.39 is 5.41 Å². The van der Waals surface area contributed by atoms with Crippen LogP contribution < -0.4 is 16.4 Å². The summed E-state index contributed by atoms with van der Waals surface area (Å²) in [5.74, 6) is 0.201. The van der Waals surface area contributed by atoms with Crippen LogP contribution in [0, 0.1) is 0 Å². The monoisotopic (exact) mass is 846 g/mol. The van der Waals surface area contributed by atoms with Crippen molar-refractivity contribution in [1.29, 1.82) is 0 Å². The summed E-state index contributed by atoms with van der Waals surface area (Å²) in [6, 6.07) is 75.4. The smallest absolute Gasteiger partial charge is 0.0714 e. The van der Waals surface area contributed by atoms with Crippen molar-refractivity contribution in [2.24, 2.45) is 0 Å². The molecule has 0 saturated heterocycles. The number of nitrogen functional groups attached to an aromatic ring is 2. The van der Waals surface area contributed by atoms with Crippen LogP contribution in [0.4, 0.5) is 22.7 Å². The number of hydrogen-bond acceptors (Lipinski definition) is 3. The number of hydrogen-bond donors (Lipinski definition) is 2. The van der Waals surface area contributed by atoms with E-state index in [-0.39, 0.29) is 11.5 Å². The van der Waals surface area contributed by atoms with Gasteiger partial charge in [0.2, 0.25) is 0 Å². The van der Waals surface area contributed by atoms with Crippen LogP contribution in [0.5, 0.6) is 0 Å². The number of nitrogens with two attached hydrogens (primary N) is 2. The Kier molecular flexibility index (Phi) is 8.29. The SMILES string of the molecule is C[C@]12C=CC=CC1c1cc(-c3ccc4c(c3)C(c3ccc(N)cc3)(c3ccc(N)cc3)c3cc(-c5ccc6c(c5)c5ccccc5n6-c5ccccc5)ccc3-4)ccc1N2c1ccccc1. The molecule has 1 aromatic heterocycles. The third kappa shape index (κ3) is 5.45. The average molecular weight is 847 g/mol. The van der Waals surface area contributed by atoms with Gasteiger partial charge in [-0.15, -0.1) is 0 Å². The molecule has 10 aromatic rings. The van der Waals surface area contributed by atoms with Gasteiger partial charge < -0.3 is 20.9 Å². The van der Waals surface area contributed by atoms with E-state index in [0.29, 0.717) is 0 Å². The Labute approximate surface area is 385 Å². The second-order valence-corrected chi connectivity index (χ2v) is 18.3. The second kappa shape index (κ2) is 14.3. The highest BCUT2D eigenvalue weighted by Gasteiger charge is 2.48. The molecule has 1 aliphatic heterocycles. The standard InChI is InChI=1S/C62H46N4/c1-61-35-11-10-17-55(61)54-37-41(22-34-60(54)66(61)49-14-6-3-7-15-49)43-20-32-51-50-31-19-42(40-21-33-59-53(36-40)52-16-8-9-18-58(52)65(59)48-12-4-2-5-13-48)38-56(50)62(57(51)39-43,44-23-27-46(63)28-24-44)45-25-29-47(64)30-26-45/h2-39,55H,63-64H2,1H3/t55?,61-/m0/s1. The Balaban J connectivity index is 1.01. The largest absolute Gasteiger partial charge is 0.399 e. The van der Waals surface area contributed by atoms with Gasteiger partial charge in [0.05, 0.1) is 22.0 Å².